The molecule has 0 aliphatic carbocycles. The van der Waals surface area contributed by atoms with Gasteiger partial charge in [-0.1, -0.05) is 13.8 Å². The summed E-state index contributed by atoms with van der Waals surface area (Å²) in [7, 11) is 1.94. The topological polar surface area (TPSA) is 75.6 Å². The van der Waals surface area contributed by atoms with E-state index in [1.165, 1.54) is 0 Å². The van der Waals surface area contributed by atoms with Crippen LogP contribution in [0.3, 0.4) is 0 Å². The summed E-state index contributed by atoms with van der Waals surface area (Å²) in [5.41, 5.74) is 2.30. The first-order valence-electron chi connectivity index (χ1n) is 8.50. The van der Waals surface area contributed by atoms with Crippen LogP contribution in [0.15, 0.2) is 24.4 Å². The van der Waals surface area contributed by atoms with Gasteiger partial charge in [-0.25, -0.2) is 9.97 Å². The van der Waals surface area contributed by atoms with E-state index in [0.717, 1.165) is 22.7 Å². The Balaban J connectivity index is 1.98. The van der Waals surface area contributed by atoms with Crippen LogP contribution in [0, 0.1) is 5.92 Å². The normalized spacial score (nSPS) is 12.1. The summed E-state index contributed by atoms with van der Waals surface area (Å²) < 4.78 is 1.94. The number of carbonyl (C=O) groups is 1. The minimum absolute atomic E-state index is 0.0274. The van der Waals surface area contributed by atoms with Crippen molar-refractivity contribution in [2.45, 2.75) is 40.2 Å². The van der Waals surface area contributed by atoms with Crippen LogP contribution >= 0.6 is 0 Å². The Bertz CT molecular complexity index is 927. The Morgan fingerprint density at radius 3 is 2.60 bits per heavy atom. The van der Waals surface area contributed by atoms with Crippen molar-refractivity contribution in [2.75, 3.05) is 5.32 Å². The van der Waals surface area contributed by atoms with Crippen molar-refractivity contribution in [2.24, 2.45) is 13.0 Å². The number of H-pyrrole nitrogens is 1. The first kappa shape index (κ1) is 17.2. The molecule has 0 amide bonds. The molecule has 1 aromatic carbocycles. The molecule has 0 radical (unpaired) electrons. The van der Waals surface area contributed by atoms with Crippen LogP contribution in [0.2, 0.25) is 0 Å². The highest BCUT2D eigenvalue weighted by Crippen LogP contribution is 2.24. The number of hydrogen-bond donors (Lipinski definition) is 2. The molecule has 6 nitrogen and oxygen atoms in total. The molecule has 3 rings (SSSR count). The lowest BCUT2D eigenvalue weighted by Crippen LogP contribution is -2.26. The van der Waals surface area contributed by atoms with Crippen LogP contribution in [0.4, 0.5) is 5.82 Å². The third-order valence-corrected chi connectivity index (χ3v) is 3.88. The molecule has 0 saturated carbocycles. The number of ketones is 1. The number of aromatic nitrogens is 4. The number of hydrogen-bond acceptors (Lipinski definition) is 4. The van der Waals surface area contributed by atoms with Crippen LogP contribution in [0.1, 0.15) is 45.0 Å². The monoisotopic (exact) mass is 339 g/mol. The minimum atomic E-state index is -0.0639. The molecule has 132 valence electrons. The molecule has 0 aliphatic heterocycles. The second kappa shape index (κ2) is 6.02. The van der Waals surface area contributed by atoms with Gasteiger partial charge in [0.2, 0.25) is 0 Å². The van der Waals surface area contributed by atoms with E-state index in [2.05, 4.69) is 41.0 Å². The number of rotatable bonds is 4. The van der Waals surface area contributed by atoms with Crippen LogP contribution in [-0.4, -0.2) is 30.8 Å². The standard InChI is InChI=1S/C19H25N5O/c1-11(2)16(25)12-7-8-13-14(9-12)21-17(20-13)18-22-15(10-24(18)6)23-19(3,4)5/h7-11,23H,1-6H3,(H,20,21). The van der Waals surface area contributed by atoms with E-state index in [9.17, 15) is 4.79 Å². The average Bonchev–Trinajstić information content (AvgIpc) is 3.06. The first-order chi connectivity index (χ1) is 11.6. The number of nitrogens with one attached hydrogen (secondary N) is 2. The highest BCUT2D eigenvalue weighted by atomic mass is 16.1. The molecule has 0 aliphatic rings. The second-order valence-corrected chi connectivity index (χ2v) is 7.77. The second-order valence-electron chi connectivity index (χ2n) is 7.77. The van der Waals surface area contributed by atoms with Crippen molar-refractivity contribution in [3.63, 3.8) is 0 Å². The van der Waals surface area contributed by atoms with Gasteiger partial charge in [-0.2, -0.15) is 0 Å². The summed E-state index contributed by atoms with van der Waals surface area (Å²) in [5.74, 6) is 2.35. The number of nitrogens with zero attached hydrogens (tertiary/aromatic N) is 3. The quantitative estimate of drug-likeness (QED) is 0.704. The molecule has 2 heterocycles. The van der Waals surface area contributed by atoms with Crippen molar-refractivity contribution < 1.29 is 4.79 Å². The molecule has 0 bridgehead atoms. The summed E-state index contributed by atoms with van der Waals surface area (Å²) in [6.45, 7) is 10.1. The van der Waals surface area contributed by atoms with Crippen LogP contribution in [-0.2, 0) is 7.05 Å². The van der Waals surface area contributed by atoms with Gasteiger partial charge in [0, 0.05) is 30.3 Å². The molecule has 25 heavy (non-hydrogen) atoms. The Morgan fingerprint density at radius 2 is 1.96 bits per heavy atom. The number of fused-ring (bicyclic) bond motifs is 1. The number of aromatic amines is 1. The van der Waals surface area contributed by atoms with Gasteiger partial charge >= 0.3 is 0 Å². The number of imidazole rings is 2. The Kier molecular flexibility index (Phi) is 4.14. The molecule has 0 fully saturated rings. The van der Waals surface area contributed by atoms with E-state index >= 15 is 0 Å². The lowest BCUT2D eigenvalue weighted by Gasteiger charge is -2.19. The summed E-state index contributed by atoms with van der Waals surface area (Å²) in [4.78, 5) is 24.7. The summed E-state index contributed by atoms with van der Waals surface area (Å²) in [6, 6.07) is 5.58. The van der Waals surface area contributed by atoms with Crippen molar-refractivity contribution in [1.29, 1.82) is 0 Å². The van der Waals surface area contributed by atoms with Gasteiger partial charge in [0.1, 0.15) is 5.82 Å². The highest BCUT2D eigenvalue weighted by molar-refractivity contribution is 6.00. The van der Waals surface area contributed by atoms with Gasteiger partial charge < -0.3 is 14.9 Å². The average molecular weight is 339 g/mol. The fourth-order valence-corrected chi connectivity index (χ4v) is 2.73. The molecule has 0 saturated heterocycles. The molecule has 2 N–H and O–H groups in total. The zero-order valence-corrected chi connectivity index (χ0v) is 15.6. The number of anilines is 1. The maximum absolute atomic E-state index is 12.2. The summed E-state index contributed by atoms with van der Waals surface area (Å²) >= 11 is 0. The number of benzene rings is 1. The third kappa shape index (κ3) is 3.57. The lowest BCUT2D eigenvalue weighted by atomic mass is 10.0. The maximum Gasteiger partial charge on any atom is 0.178 e. The van der Waals surface area contributed by atoms with Gasteiger partial charge in [0.25, 0.3) is 0 Å². The van der Waals surface area contributed by atoms with Crippen molar-refractivity contribution in [1.82, 2.24) is 19.5 Å². The van der Waals surface area contributed by atoms with E-state index in [-0.39, 0.29) is 17.2 Å². The van der Waals surface area contributed by atoms with Crippen LogP contribution in [0.5, 0.6) is 0 Å². The fourth-order valence-electron chi connectivity index (χ4n) is 2.73. The minimum Gasteiger partial charge on any atom is -0.364 e. The molecule has 6 heteroatoms. The van der Waals surface area contributed by atoms with Crippen molar-refractivity contribution in [3.05, 3.63) is 30.0 Å². The molecular formula is C19H25N5O. The predicted molar refractivity (Wildman–Crippen MR) is 101 cm³/mol. The zero-order chi connectivity index (χ0) is 18.4. The number of aryl methyl sites for hydroxylation is 1. The van der Waals surface area contributed by atoms with Gasteiger partial charge in [0.05, 0.1) is 11.0 Å². The summed E-state index contributed by atoms with van der Waals surface area (Å²) in [5, 5.41) is 3.36. The summed E-state index contributed by atoms with van der Waals surface area (Å²) in [6.07, 6.45) is 1.95. The maximum atomic E-state index is 12.2. The Labute approximate surface area is 147 Å². The van der Waals surface area contributed by atoms with E-state index in [1.54, 1.807) is 0 Å². The highest BCUT2D eigenvalue weighted by Gasteiger charge is 2.17. The van der Waals surface area contributed by atoms with Crippen LogP contribution < -0.4 is 5.32 Å². The van der Waals surface area contributed by atoms with E-state index in [1.807, 2.05) is 49.9 Å². The van der Waals surface area contributed by atoms with Crippen LogP contribution in [0.25, 0.3) is 22.7 Å². The van der Waals surface area contributed by atoms with Gasteiger partial charge in [-0.3, -0.25) is 4.79 Å². The molecule has 0 unspecified atom stereocenters. The van der Waals surface area contributed by atoms with E-state index in [0.29, 0.717) is 11.4 Å². The van der Waals surface area contributed by atoms with Crippen molar-refractivity contribution in [3.8, 4) is 11.6 Å². The van der Waals surface area contributed by atoms with E-state index < -0.39 is 0 Å². The number of carbonyl (C=O) groups excluding carboxylic acids is 1. The fraction of sp³-hybridized carbons (Fsp3) is 0.421. The Hall–Kier alpha value is -2.63. The third-order valence-electron chi connectivity index (χ3n) is 3.88. The SMILES string of the molecule is CC(C)C(=O)c1ccc2nc(-c3nc(NC(C)(C)C)cn3C)[nH]c2c1. The number of Topliss-reactive ketones (excluding diaryl/α,β-unsaturated/α-hetero) is 1. The smallest absolute Gasteiger partial charge is 0.178 e. The molecule has 3 aromatic rings. The van der Waals surface area contributed by atoms with Gasteiger partial charge in [-0.05, 0) is 39.0 Å². The Morgan fingerprint density at radius 1 is 1.24 bits per heavy atom. The van der Waals surface area contributed by atoms with Crippen molar-refractivity contribution >= 4 is 22.6 Å². The molecule has 2 aromatic heterocycles. The van der Waals surface area contributed by atoms with E-state index in [4.69, 9.17) is 0 Å². The van der Waals surface area contributed by atoms with Gasteiger partial charge in [-0.15, -0.1) is 0 Å². The first-order valence-corrected chi connectivity index (χ1v) is 8.50. The largest absolute Gasteiger partial charge is 0.364 e. The molecule has 0 spiro atoms. The van der Waals surface area contributed by atoms with Gasteiger partial charge in [0.15, 0.2) is 17.4 Å². The lowest BCUT2D eigenvalue weighted by molar-refractivity contribution is 0.0939. The molecular weight excluding hydrogens is 314 g/mol. The molecule has 0 atom stereocenters. The predicted octanol–water partition coefficient (Wildman–Crippen LogP) is 4.01. The zero-order valence-electron chi connectivity index (χ0n) is 15.6.